The minimum atomic E-state index is 0.902. The van der Waals surface area contributed by atoms with Gasteiger partial charge in [0.2, 0.25) is 0 Å². The number of rotatable bonds is 1. The van der Waals surface area contributed by atoms with Gasteiger partial charge in [-0.15, -0.1) is 0 Å². The molecule has 4 nitrogen and oxygen atoms in total. The van der Waals surface area contributed by atoms with Crippen LogP contribution < -0.4 is 0 Å². The van der Waals surface area contributed by atoms with Gasteiger partial charge in [-0.3, -0.25) is 4.40 Å². The van der Waals surface area contributed by atoms with Crippen molar-refractivity contribution in [3.63, 3.8) is 0 Å². The molecule has 0 bridgehead atoms. The molecule has 9 aromatic rings. The zero-order valence-corrected chi connectivity index (χ0v) is 19.1. The second-order valence-corrected chi connectivity index (χ2v) is 9.43. The van der Waals surface area contributed by atoms with Crippen LogP contribution in [0.4, 0.5) is 0 Å². The highest BCUT2D eigenvalue weighted by Crippen LogP contribution is 2.43. The zero-order valence-electron chi connectivity index (χ0n) is 19.1. The van der Waals surface area contributed by atoms with E-state index in [0.717, 1.165) is 66.2 Å². The lowest BCUT2D eigenvalue weighted by Gasteiger charge is -2.06. The van der Waals surface area contributed by atoms with Crippen molar-refractivity contribution < 1.29 is 4.42 Å². The van der Waals surface area contributed by atoms with Crippen molar-refractivity contribution in [2.45, 2.75) is 0 Å². The maximum atomic E-state index is 6.20. The van der Waals surface area contributed by atoms with Gasteiger partial charge in [-0.05, 0) is 53.6 Å². The SMILES string of the molecule is c1ccc2nc3c(nc2c1)c1cc(-c2cccc4oc5ccccc5c24)cc2c4ccccc4n3c21. The van der Waals surface area contributed by atoms with Crippen molar-refractivity contribution in [3.05, 3.63) is 103 Å². The lowest BCUT2D eigenvalue weighted by Crippen LogP contribution is -1.88. The average molecular weight is 460 g/mol. The molecule has 4 heteroatoms. The van der Waals surface area contributed by atoms with Gasteiger partial charge < -0.3 is 4.42 Å². The van der Waals surface area contributed by atoms with E-state index < -0.39 is 0 Å². The van der Waals surface area contributed by atoms with Crippen LogP contribution in [0.3, 0.4) is 0 Å². The van der Waals surface area contributed by atoms with E-state index in [2.05, 4.69) is 71.1 Å². The quantitative estimate of drug-likeness (QED) is 0.248. The summed E-state index contributed by atoms with van der Waals surface area (Å²) < 4.78 is 8.49. The van der Waals surface area contributed by atoms with Gasteiger partial charge >= 0.3 is 0 Å². The molecule has 0 unspecified atom stereocenters. The summed E-state index contributed by atoms with van der Waals surface area (Å²) in [5, 5.41) is 5.84. The molecule has 9 rings (SSSR count). The molecule has 0 aliphatic heterocycles. The first kappa shape index (κ1) is 18.4. The molecule has 5 aromatic carbocycles. The van der Waals surface area contributed by atoms with Crippen molar-refractivity contribution in [1.82, 2.24) is 14.4 Å². The molecule has 4 heterocycles. The average Bonchev–Trinajstić information content (AvgIpc) is 3.58. The number of aromatic nitrogens is 3. The maximum Gasteiger partial charge on any atom is 0.165 e. The van der Waals surface area contributed by atoms with Gasteiger partial charge in [0.15, 0.2) is 5.65 Å². The molecule has 166 valence electrons. The summed E-state index contributed by atoms with van der Waals surface area (Å²) >= 11 is 0. The summed E-state index contributed by atoms with van der Waals surface area (Å²) in [5.74, 6) is 0. The summed E-state index contributed by atoms with van der Waals surface area (Å²) in [6, 6.07) is 35.9. The van der Waals surface area contributed by atoms with Crippen molar-refractivity contribution in [3.8, 4) is 11.1 Å². The highest BCUT2D eigenvalue weighted by atomic mass is 16.3. The van der Waals surface area contributed by atoms with Crippen molar-refractivity contribution in [2.24, 2.45) is 0 Å². The monoisotopic (exact) mass is 459 g/mol. The van der Waals surface area contributed by atoms with Crippen LogP contribution in [0.2, 0.25) is 0 Å². The standard InChI is InChI=1S/C32H17N3O/c1-5-13-26-20(8-1)22-16-18(19-10-7-15-28-29(19)21-9-2-6-14-27(21)36-28)17-23-30-32(35(26)31(22)23)34-25-12-4-3-11-24(25)33-30/h1-17H. The van der Waals surface area contributed by atoms with E-state index in [1.807, 2.05) is 36.4 Å². The van der Waals surface area contributed by atoms with Crippen LogP contribution >= 0.6 is 0 Å². The predicted octanol–water partition coefficient (Wildman–Crippen LogP) is 8.35. The molecule has 4 aromatic heterocycles. The Labute approximate surface area is 204 Å². The van der Waals surface area contributed by atoms with Crippen LogP contribution in [0.25, 0.3) is 82.5 Å². The molecule has 0 aliphatic carbocycles. The largest absolute Gasteiger partial charge is 0.456 e. The number of para-hydroxylation sites is 4. The predicted molar refractivity (Wildman–Crippen MR) is 147 cm³/mol. The second-order valence-electron chi connectivity index (χ2n) is 9.43. The Morgan fingerprint density at radius 2 is 1.31 bits per heavy atom. The van der Waals surface area contributed by atoms with Crippen LogP contribution in [0.1, 0.15) is 0 Å². The number of fused-ring (bicyclic) bond motifs is 10. The van der Waals surface area contributed by atoms with Gasteiger partial charge in [0.1, 0.15) is 16.7 Å². The fourth-order valence-electron chi connectivity index (χ4n) is 6.00. The first-order valence-electron chi connectivity index (χ1n) is 12.1. The smallest absolute Gasteiger partial charge is 0.165 e. The molecule has 0 saturated carbocycles. The molecule has 0 atom stereocenters. The third-order valence-corrected chi connectivity index (χ3v) is 7.50. The number of hydrogen-bond donors (Lipinski definition) is 0. The van der Waals surface area contributed by atoms with Gasteiger partial charge in [0.25, 0.3) is 0 Å². The normalized spacial score (nSPS) is 12.4. The van der Waals surface area contributed by atoms with Gasteiger partial charge in [-0.25, -0.2) is 9.97 Å². The Morgan fingerprint density at radius 1 is 0.583 bits per heavy atom. The lowest BCUT2D eigenvalue weighted by atomic mass is 9.96. The molecule has 0 radical (unpaired) electrons. The fraction of sp³-hybridized carbons (Fsp3) is 0. The molecule has 0 aliphatic rings. The fourth-order valence-corrected chi connectivity index (χ4v) is 6.00. The Bertz CT molecular complexity index is 2320. The van der Waals surface area contributed by atoms with Gasteiger partial charge in [-0.1, -0.05) is 60.7 Å². The van der Waals surface area contributed by atoms with Crippen LogP contribution in [-0.2, 0) is 0 Å². The van der Waals surface area contributed by atoms with E-state index in [4.69, 9.17) is 14.4 Å². The molecule has 0 amide bonds. The van der Waals surface area contributed by atoms with Crippen molar-refractivity contribution in [2.75, 3.05) is 0 Å². The summed E-state index contributed by atoms with van der Waals surface area (Å²) in [6.45, 7) is 0. The Kier molecular flexibility index (Phi) is 3.25. The van der Waals surface area contributed by atoms with E-state index in [1.165, 1.54) is 16.3 Å². The molecule has 36 heavy (non-hydrogen) atoms. The number of benzene rings is 5. The lowest BCUT2D eigenvalue weighted by molar-refractivity contribution is 0.669. The third-order valence-electron chi connectivity index (χ3n) is 7.50. The second kappa shape index (κ2) is 6.37. The molecule has 0 spiro atoms. The van der Waals surface area contributed by atoms with E-state index in [9.17, 15) is 0 Å². The molecule has 0 N–H and O–H groups in total. The Morgan fingerprint density at radius 3 is 2.22 bits per heavy atom. The van der Waals surface area contributed by atoms with Crippen LogP contribution in [0, 0.1) is 0 Å². The van der Waals surface area contributed by atoms with Gasteiger partial charge in [-0.2, -0.15) is 0 Å². The van der Waals surface area contributed by atoms with E-state index in [0.29, 0.717) is 0 Å². The first-order valence-corrected chi connectivity index (χ1v) is 12.1. The van der Waals surface area contributed by atoms with Crippen molar-refractivity contribution in [1.29, 1.82) is 0 Å². The topological polar surface area (TPSA) is 43.3 Å². The minimum absolute atomic E-state index is 0.902. The molecule has 0 fully saturated rings. The number of hydrogen-bond acceptors (Lipinski definition) is 3. The summed E-state index contributed by atoms with van der Waals surface area (Å²) in [5.41, 5.74) is 10.1. The first-order chi connectivity index (χ1) is 17.8. The Hall–Kier alpha value is -4.96. The summed E-state index contributed by atoms with van der Waals surface area (Å²) in [7, 11) is 0. The highest BCUT2D eigenvalue weighted by molar-refractivity contribution is 6.24. The molecular formula is C32H17N3O. The van der Waals surface area contributed by atoms with E-state index in [-0.39, 0.29) is 0 Å². The van der Waals surface area contributed by atoms with Crippen molar-refractivity contribution >= 4 is 71.3 Å². The maximum absolute atomic E-state index is 6.20. The summed E-state index contributed by atoms with van der Waals surface area (Å²) in [4.78, 5) is 10.2. The van der Waals surface area contributed by atoms with Gasteiger partial charge in [0.05, 0.1) is 22.1 Å². The third kappa shape index (κ3) is 2.19. The van der Waals surface area contributed by atoms with Crippen LogP contribution in [-0.4, -0.2) is 14.4 Å². The number of furan rings is 1. The zero-order chi connectivity index (χ0) is 23.4. The summed E-state index contributed by atoms with van der Waals surface area (Å²) in [6.07, 6.45) is 0. The van der Waals surface area contributed by atoms with Crippen LogP contribution in [0.5, 0.6) is 0 Å². The highest BCUT2D eigenvalue weighted by Gasteiger charge is 2.22. The Balaban J connectivity index is 1.51. The van der Waals surface area contributed by atoms with E-state index in [1.54, 1.807) is 0 Å². The van der Waals surface area contributed by atoms with E-state index >= 15 is 0 Å². The minimum Gasteiger partial charge on any atom is -0.456 e. The molecular weight excluding hydrogens is 442 g/mol. The number of nitrogens with zero attached hydrogens (tertiary/aromatic N) is 3. The van der Waals surface area contributed by atoms with Gasteiger partial charge in [0, 0.05) is 26.9 Å². The van der Waals surface area contributed by atoms with Crippen LogP contribution in [0.15, 0.2) is 108 Å². The molecule has 0 saturated heterocycles.